The minimum Gasteiger partial charge on any atom is -0.463 e. The van der Waals surface area contributed by atoms with Crippen molar-refractivity contribution in [1.82, 2.24) is 9.55 Å². The van der Waals surface area contributed by atoms with Crippen LogP contribution in [0.2, 0.25) is 0 Å². The Morgan fingerprint density at radius 1 is 1.56 bits per heavy atom. The van der Waals surface area contributed by atoms with E-state index in [2.05, 4.69) is 10.3 Å². The molecule has 92 valence electrons. The smallest absolute Gasteiger partial charge is 0.274 e. The highest BCUT2D eigenvalue weighted by Crippen LogP contribution is 2.21. The van der Waals surface area contributed by atoms with Gasteiger partial charge in [0.25, 0.3) is 5.91 Å². The minimum absolute atomic E-state index is 0.182. The molecule has 0 atom stereocenters. The molecule has 18 heavy (non-hydrogen) atoms. The van der Waals surface area contributed by atoms with Crippen LogP contribution in [0.25, 0.3) is 11.1 Å². The zero-order valence-electron chi connectivity index (χ0n) is 9.93. The molecule has 0 fully saturated rings. The molecule has 0 saturated carbocycles. The third-order valence-corrected chi connectivity index (χ3v) is 3.61. The van der Waals surface area contributed by atoms with Crippen LogP contribution in [-0.2, 0) is 7.05 Å². The Bertz CT molecular complexity index is 723. The first-order chi connectivity index (χ1) is 8.65. The average Bonchev–Trinajstić information content (AvgIpc) is 2.98. The standard InChI is InChI=1S/C12H11N3O2S/c1-7-6-18-12(13-7)14-11(16)9-5-10-8(15(9)2)3-4-17-10/h3-6H,1-2H3,(H,13,14,16). The van der Waals surface area contributed by atoms with Gasteiger partial charge in [0, 0.05) is 24.6 Å². The molecule has 3 heterocycles. The molecule has 0 bridgehead atoms. The van der Waals surface area contributed by atoms with E-state index in [1.54, 1.807) is 16.9 Å². The number of nitrogens with one attached hydrogen (secondary N) is 1. The average molecular weight is 261 g/mol. The first kappa shape index (κ1) is 11.0. The molecule has 3 aromatic rings. The zero-order valence-corrected chi connectivity index (χ0v) is 10.7. The van der Waals surface area contributed by atoms with E-state index in [1.807, 2.05) is 25.4 Å². The van der Waals surface area contributed by atoms with E-state index in [9.17, 15) is 4.79 Å². The van der Waals surface area contributed by atoms with Gasteiger partial charge in [0.2, 0.25) is 0 Å². The maximum absolute atomic E-state index is 12.1. The fourth-order valence-corrected chi connectivity index (χ4v) is 2.52. The van der Waals surface area contributed by atoms with Crippen molar-refractivity contribution >= 4 is 33.5 Å². The molecule has 0 spiro atoms. The highest BCUT2D eigenvalue weighted by molar-refractivity contribution is 7.13. The summed E-state index contributed by atoms with van der Waals surface area (Å²) in [6, 6.07) is 3.56. The number of carbonyl (C=O) groups excluding carboxylic acids is 1. The molecular formula is C12H11N3O2S. The summed E-state index contributed by atoms with van der Waals surface area (Å²) >= 11 is 1.41. The quantitative estimate of drug-likeness (QED) is 0.771. The number of hydrogen-bond acceptors (Lipinski definition) is 4. The zero-order chi connectivity index (χ0) is 12.7. The molecule has 0 aliphatic rings. The normalized spacial score (nSPS) is 11.0. The van der Waals surface area contributed by atoms with Gasteiger partial charge in [-0.2, -0.15) is 0 Å². The number of hydrogen-bond donors (Lipinski definition) is 1. The Kier molecular flexibility index (Phi) is 2.45. The van der Waals surface area contributed by atoms with E-state index < -0.39 is 0 Å². The highest BCUT2D eigenvalue weighted by atomic mass is 32.1. The van der Waals surface area contributed by atoms with Crippen LogP contribution in [0, 0.1) is 6.92 Å². The van der Waals surface area contributed by atoms with Crippen LogP contribution in [0.15, 0.2) is 28.2 Å². The third kappa shape index (κ3) is 1.70. The van der Waals surface area contributed by atoms with Gasteiger partial charge in [0.05, 0.1) is 17.5 Å². The second-order valence-corrected chi connectivity index (χ2v) is 4.86. The summed E-state index contributed by atoms with van der Waals surface area (Å²) in [5, 5.41) is 5.28. The van der Waals surface area contributed by atoms with Crippen LogP contribution < -0.4 is 5.32 Å². The second-order valence-electron chi connectivity index (χ2n) is 4.01. The van der Waals surface area contributed by atoms with E-state index in [0.29, 0.717) is 16.4 Å². The van der Waals surface area contributed by atoms with Gasteiger partial charge in [0.1, 0.15) is 5.69 Å². The largest absolute Gasteiger partial charge is 0.463 e. The lowest BCUT2D eigenvalue weighted by Gasteiger charge is -2.02. The summed E-state index contributed by atoms with van der Waals surface area (Å²) in [6.07, 6.45) is 1.61. The number of anilines is 1. The van der Waals surface area contributed by atoms with Gasteiger partial charge in [-0.15, -0.1) is 11.3 Å². The summed E-state index contributed by atoms with van der Waals surface area (Å²) in [6.45, 7) is 1.89. The van der Waals surface area contributed by atoms with Crippen LogP contribution in [0.1, 0.15) is 16.2 Å². The summed E-state index contributed by atoms with van der Waals surface area (Å²) in [7, 11) is 1.83. The molecule has 1 N–H and O–H groups in total. The molecule has 0 aliphatic carbocycles. The number of rotatable bonds is 2. The van der Waals surface area contributed by atoms with Gasteiger partial charge in [-0.05, 0) is 6.92 Å². The predicted octanol–water partition coefficient (Wildman–Crippen LogP) is 2.79. The Labute approximate surface area is 107 Å². The number of furan rings is 1. The fourth-order valence-electron chi connectivity index (χ4n) is 1.84. The molecule has 6 heteroatoms. The lowest BCUT2D eigenvalue weighted by atomic mass is 10.4. The molecular weight excluding hydrogens is 250 g/mol. The van der Waals surface area contributed by atoms with Gasteiger partial charge in [0.15, 0.2) is 10.7 Å². The monoisotopic (exact) mass is 261 g/mol. The van der Waals surface area contributed by atoms with Gasteiger partial charge < -0.3 is 8.98 Å². The molecule has 1 amide bonds. The highest BCUT2D eigenvalue weighted by Gasteiger charge is 2.16. The lowest BCUT2D eigenvalue weighted by Crippen LogP contribution is -2.15. The summed E-state index contributed by atoms with van der Waals surface area (Å²) in [4.78, 5) is 16.3. The fraction of sp³-hybridized carbons (Fsp3) is 0.167. The van der Waals surface area contributed by atoms with Crippen molar-refractivity contribution in [2.75, 3.05) is 5.32 Å². The number of thiazole rings is 1. The van der Waals surface area contributed by atoms with Gasteiger partial charge in [-0.1, -0.05) is 0 Å². The number of nitrogens with zero attached hydrogens (tertiary/aromatic N) is 2. The lowest BCUT2D eigenvalue weighted by molar-refractivity contribution is 0.101. The van der Waals surface area contributed by atoms with Gasteiger partial charge in [-0.3, -0.25) is 10.1 Å². The Morgan fingerprint density at radius 3 is 3.06 bits per heavy atom. The first-order valence-electron chi connectivity index (χ1n) is 5.41. The molecule has 0 aromatic carbocycles. The number of carbonyl (C=O) groups is 1. The molecule has 0 saturated heterocycles. The first-order valence-corrected chi connectivity index (χ1v) is 6.29. The molecule has 5 nitrogen and oxygen atoms in total. The Morgan fingerprint density at radius 2 is 2.39 bits per heavy atom. The topological polar surface area (TPSA) is 60.1 Å². The maximum Gasteiger partial charge on any atom is 0.274 e. The molecule has 0 aliphatic heterocycles. The van der Waals surface area contributed by atoms with Crippen molar-refractivity contribution in [3.63, 3.8) is 0 Å². The van der Waals surface area contributed by atoms with E-state index in [0.717, 1.165) is 11.2 Å². The summed E-state index contributed by atoms with van der Waals surface area (Å²) in [5.74, 6) is -0.182. The van der Waals surface area contributed by atoms with Crippen molar-refractivity contribution < 1.29 is 9.21 Å². The van der Waals surface area contributed by atoms with Crippen molar-refractivity contribution in [2.24, 2.45) is 7.05 Å². The van der Waals surface area contributed by atoms with E-state index in [4.69, 9.17) is 4.42 Å². The number of aromatic nitrogens is 2. The van der Waals surface area contributed by atoms with Crippen LogP contribution in [-0.4, -0.2) is 15.5 Å². The van der Waals surface area contributed by atoms with E-state index >= 15 is 0 Å². The Hall–Kier alpha value is -2.08. The Balaban J connectivity index is 1.92. The van der Waals surface area contributed by atoms with Crippen LogP contribution in [0.3, 0.4) is 0 Å². The van der Waals surface area contributed by atoms with Crippen molar-refractivity contribution in [2.45, 2.75) is 6.92 Å². The van der Waals surface area contributed by atoms with Crippen LogP contribution in [0.4, 0.5) is 5.13 Å². The van der Waals surface area contributed by atoms with Crippen molar-refractivity contribution in [3.8, 4) is 0 Å². The number of aryl methyl sites for hydroxylation is 2. The van der Waals surface area contributed by atoms with Crippen molar-refractivity contribution in [3.05, 3.63) is 35.2 Å². The van der Waals surface area contributed by atoms with Gasteiger partial charge >= 0.3 is 0 Å². The second kappa shape index (κ2) is 3.99. The maximum atomic E-state index is 12.1. The van der Waals surface area contributed by atoms with Crippen LogP contribution in [0.5, 0.6) is 0 Å². The van der Waals surface area contributed by atoms with Crippen LogP contribution >= 0.6 is 11.3 Å². The van der Waals surface area contributed by atoms with E-state index in [1.165, 1.54) is 11.3 Å². The van der Waals surface area contributed by atoms with E-state index in [-0.39, 0.29) is 5.91 Å². The summed E-state index contributed by atoms with van der Waals surface area (Å²) < 4.78 is 7.07. The summed E-state index contributed by atoms with van der Waals surface area (Å²) in [5.41, 5.74) is 3.06. The molecule has 0 unspecified atom stereocenters. The number of fused-ring (bicyclic) bond motifs is 1. The molecule has 0 radical (unpaired) electrons. The minimum atomic E-state index is -0.182. The molecule has 3 aromatic heterocycles. The van der Waals surface area contributed by atoms with Crippen molar-refractivity contribution in [1.29, 1.82) is 0 Å². The predicted molar refractivity (Wildman–Crippen MR) is 70.0 cm³/mol. The number of amides is 1. The third-order valence-electron chi connectivity index (χ3n) is 2.74. The van der Waals surface area contributed by atoms with Gasteiger partial charge in [-0.25, -0.2) is 4.98 Å². The SMILES string of the molecule is Cc1csc(NC(=O)c2cc3occc3n2C)n1. The molecule has 3 rings (SSSR count).